The number of thiophene rings is 1. The van der Waals surface area contributed by atoms with E-state index in [4.69, 9.17) is 0 Å². The number of benzene rings is 1. The molecule has 0 aliphatic carbocycles. The number of aliphatic hydroxyl groups is 1. The Bertz CT molecular complexity index is 855. The van der Waals surface area contributed by atoms with Crippen LogP contribution in [0.25, 0.3) is 10.1 Å². The fourth-order valence-electron chi connectivity index (χ4n) is 3.94. The van der Waals surface area contributed by atoms with Gasteiger partial charge in [-0.3, -0.25) is 14.7 Å². The number of fused-ring (bicyclic) bond motifs is 1. The normalized spacial score (nSPS) is 17.8. The Morgan fingerprint density at radius 1 is 1.34 bits per heavy atom. The van der Waals surface area contributed by atoms with Gasteiger partial charge < -0.3 is 20.6 Å². The lowest BCUT2D eigenvalue weighted by Crippen LogP contribution is -2.44. The van der Waals surface area contributed by atoms with Gasteiger partial charge in [0.05, 0.1) is 12.6 Å². The molecule has 0 spiro atoms. The van der Waals surface area contributed by atoms with E-state index in [0.29, 0.717) is 12.5 Å². The standard InChI is InChI=1S/C23H35N5O2S.HI/c1-4-24-23(25-12-8-14-28-13-7-10-18(28)22(30)27(2)3)26-16-19(29)21-15-17-9-5-6-11-20(17)31-21;/h5-6,9,11,15,18-19,29H,4,7-8,10,12-14,16H2,1-3H3,(H2,24,25,26);1H. The molecule has 0 saturated carbocycles. The first-order valence-electron chi connectivity index (χ1n) is 11.1. The van der Waals surface area contributed by atoms with Gasteiger partial charge in [-0.15, -0.1) is 35.3 Å². The molecular weight excluding hydrogens is 537 g/mol. The minimum absolute atomic E-state index is 0. The number of aliphatic imine (C=N–C) groups is 1. The third-order valence-corrected chi connectivity index (χ3v) is 6.76. The van der Waals surface area contributed by atoms with Crippen LogP contribution in [0.2, 0.25) is 0 Å². The van der Waals surface area contributed by atoms with Gasteiger partial charge in [0.25, 0.3) is 0 Å². The van der Waals surface area contributed by atoms with Crippen molar-refractivity contribution in [3.05, 3.63) is 35.2 Å². The molecule has 2 unspecified atom stereocenters. The summed E-state index contributed by atoms with van der Waals surface area (Å²) in [4.78, 5) is 21.8. The van der Waals surface area contributed by atoms with E-state index in [-0.39, 0.29) is 35.9 Å². The number of amides is 1. The first-order valence-corrected chi connectivity index (χ1v) is 11.9. The molecule has 0 bridgehead atoms. The quantitative estimate of drug-likeness (QED) is 0.186. The number of likely N-dealkylation sites (N-methyl/N-ethyl adjacent to an activating group) is 1. The summed E-state index contributed by atoms with van der Waals surface area (Å²) in [5.74, 6) is 0.917. The van der Waals surface area contributed by atoms with E-state index >= 15 is 0 Å². The maximum atomic E-state index is 12.3. The Balaban J connectivity index is 0.00000363. The average molecular weight is 574 g/mol. The molecule has 1 aromatic heterocycles. The Morgan fingerprint density at radius 3 is 2.84 bits per heavy atom. The van der Waals surface area contributed by atoms with E-state index in [1.807, 2.05) is 39.2 Å². The summed E-state index contributed by atoms with van der Waals surface area (Å²) in [5, 5.41) is 18.3. The summed E-state index contributed by atoms with van der Waals surface area (Å²) in [5.41, 5.74) is 0. The highest BCUT2D eigenvalue weighted by Crippen LogP contribution is 2.29. The molecule has 3 rings (SSSR count). The zero-order valence-corrected chi connectivity index (χ0v) is 22.4. The fraction of sp³-hybridized carbons (Fsp3) is 0.565. The van der Waals surface area contributed by atoms with Crippen LogP contribution >= 0.6 is 35.3 Å². The van der Waals surface area contributed by atoms with Gasteiger partial charge >= 0.3 is 0 Å². The number of likely N-dealkylation sites (tertiary alicyclic amines) is 1. The van der Waals surface area contributed by atoms with Crippen LogP contribution in [0.15, 0.2) is 35.3 Å². The maximum absolute atomic E-state index is 12.3. The van der Waals surface area contributed by atoms with Crippen LogP contribution in [-0.4, -0.2) is 79.6 Å². The SMILES string of the molecule is CCNC(=NCC(O)c1cc2ccccc2s1)NCCCN1CCCC1C(=O)N(C)C.I. The lowest BCUT2D eigenvalue weighted by molar-refractivity contribution is -0.133. The Labute approximate surface area is 212 Å². The van der Waals surface area contributed by atoms with Gasteiger partial charge in [0, 0.05) is 43.3 Å². The molecule has 2 heterocycles. The molecule has 3 N–H and O–H groups in total. The largest absolute Gasteiger partial charge is 0.386 e. The van der Waals surface area contributed by atoms with Crippen molar-refractivity contribution in [3.8, 4) is 0 Å². The van der Waals surface area contributed by atoms with Gasteiger partial charge in [-0.1, -0.05) is 18.2 Å². The first-order chi connectivity index (χ1) is 15.0. The van der Waals surface area contributed by atoms with Crippen molar-refractivity contribution in [2.24, 2.45) is 4.99 Å². The lowest BCUT2D eigenvalue weighted by Gasteiger charge is -2.26. The van der Waals surface area contributed by atoms with Crippen LogP contribution in [-0.2, 0) is 4.79 Å². The lowest BCUT2D eigenvalue weighted by atomic mass is 10.2. The number of halogens is 1. The summed E-state index contributed by atoms with van der Waals surface area (Å²) in [6.07, 6.45) is 2.34. The van der Waals surface area contributed by atoms with Crippen LogP contribution in [0, 0.1) is 0 Å². The molecule has 1 aliphatic rings. The molecule has 2 aromatic rings. The smallest absolute Gasteiger partial charge is 0.239 e. The van der Waals surface area contributed by atoms with E-state index in [2.05, 4.69) is 32.7 Å². The molecule has 178 valence electrons. The van der Waals surface area contributed by atoms with Crippen molar-refractivity contribution >= 4 is 57.3 Å². The second-order valence-corrected chi connectivity index (χ2v) is 9.24. The molecule has 0 radical (unpaired) electrons. The summed E-state index contributed by atoms with van der Waals surface area (Å²) in [6.45, 7) is 5.75. The summed E-state index contributed by atoms with van der Waals surface area (Å²) in [6, 6.07) is 10.2. The molecule has 1 aliphatic heterocycles. The van der Waals surface area contributed by atoms with Gasteiger partial charge in [0.15, 0.2) is 5.96 Å². The molecule has 7 nitrogen and oxygen atoms in total. The molecule has 2 atom stereocenters. The van der Waals surface area contributed by atoms with E-state index < -0.39 is 6.10 Å². The van der Waals surface area contributed by atoms with Crippen molar-refractivity contribution in [1.82, 2.24) is 20.4 Å². The maximum Gasteiger partial charge on any atom is 0.239 e. The molecule has 1 fully saturated rings. The average Bonchev–Trinajstić information content (AvgIpc) is 3.40. The van der Waals surface area contributed by atoms with Crippen molar-refractivity contribution in [2.75, 3.05) is 46.8 Å². The van der Waals surface area contributed by atoms with E-state index in [1.165, 1.54) is 4.70 Å². The van der Waals surface area contributed by atoms with Gasteiger partial charge in [-0.2, -0.15) is 0 Å². The number of nitrogens with zero attached hydrogens (tertiary/aromatic N) is 3. The van der Waals surface area contributed by atoms with Crippen molar-refractivity contribution < 1.29 is 9.90 Å². The number of aliphatic hydroxyl groups excluding tert-OH is 1. The third-order valence-electron chi connectivity index (χ3n) is 5.54. The van der Waals surface area contributed by atoms with Crippen LogP contribution in [0.1, 0.15) is 37.2 Å². The summed E-state index contributed by atoms with van der Waals surface area (Å²) < 4.78 is 1.18. The van der Waals surface area contributed by atoms with Gasteiger partial charge in [-0.25, -0.2) is 0 Å². The predicted molar refractivity (Wildman–Crippen MR) is 144 cm³/mol. The van der Waals surface area contributed by atoms with Crippen LogP contribution in [0.3, 0.4) is 0 Å². The molecular formula is C23H36IN5O2S. The van der Waals surface area contributed by atoms with Gasteiger partial charge in [0.2, 0.25) is 5.91 Å². The second-order valence-electron chi connectivity index (χ2n) is 8.13. The summed E-state index contributed by atoms with van der Waals surface area (Å²) in [7, 11) is 3.65. The number of guanidine groups is 1. The highest BCUT2D eigenvalue weighted by atomic mass is 127. The number of nitrogens with one attached hydrogen (secondary N) is 2. The van der Waals surface area contributed by atoms with Crippen molar-refractivity contribution in [3.63, 3.8) is 0 Å². The van der Waals surface area contributed by atoms with Gasteiger partial charge in [0.1, 0.15) is 6.10 Å². The third kappa shape index (κ3) is 7.29. The molecule has 1 amide bonds. The number of carbonyl (C=O) groups excluding carboxylic acids is 1. The Morgan fingerprint density at radius 2 is 2.12 bits per heavy atom. The molecule has 9 heteroatoms. The summed E-state index contributed by atoms with van der Waals surface area (Å²) >= 11 is 1.61. The van der Waals surface area contributed by atoms with Crippen molar-refractivity contribution in [1.29, 1.82) is 0 Å². The fourth-order valence-corrected chi connectivity index (χ4v) is 4.98. The van der Waals surface area contributed by atoms with Crippen molar-refractivity contribution in [2.45, 2.75) is 38.3 Å². The highest BCUT2D eigenvalue weighted by molar-refractivity contribution is 14.0. The predicted octanol–water partition coefficient (Wildman–Crippen LogP) is 3.05. The topological polar surface area (TPSA) is 80.2 Å². The molecule has 32 heavy (non-hydrogen) atoms. The van der Waals surface area contributed by atoms with Gasteiger partial charge in [-0.05, 0) is 50.2 Å². The van der Waals surface area contributed by atoms with E-state index in [9.17, 15) is 9.90 Å². The zero-order chi connectivity index (χ0) is 22.2. The van der Waals surface area contributed by atoms with Crippen LogP contribution < -0.4 is 10.6 Å². The van der Waals surface area contributed by atoms with E-state index in [0.717, 1.165) is 55.7 Å². The number of carbonyl (C=O) groups is 1. The number of hydrogen-bond donors (Lipinski definition) is 3. The number of rotatable bonds is 9. The second kappa shape index (κ2) is 13.3. The zero-order valence-electron chi connectivity index (χ0n) is 19.2. The molecule has 1 saturated heterocycles. The minimum atomic E-state index is -0.615. The van der Waals surface area contributed by atoms with Crippen LogP contribution in [0.5, 0.6) is 0 Å². The molecule has 1 aromatic carbocycles. The minimum Gasteiger partial charge on any atom is -0.386 e. The van der Waals surface area contributed by atoms with E-state index in [1.54, 1.807) is 16.2 Å². The first kappa shape index (κ1) is 26.8. The Kier molecular flexibility index (Phi) is 11.2. The van der Waals surface area contributed by atoms with Crippen LogP contribution in [0.4, 0.5) is 0 Å². The monoisotopic (exact) mass is 573 g/mol. The highest BCUT2D eigenvalue weighted by Gasteiger charge is 2.30. The number of hydrogen-bond acceptors (Lipinski definition) is 5. The Hall–Kier alpha value is -1.43.